The Bertz CT molecular complexity index is 802. The maximum absolute atomic E-state index is 13.4. The third-order valence-electron chi connectivity index (χ3n) is 4.31. The Labute approximate surface area is 195 Å². The van der Waals surface area contributed by atoms with E-state index in [2.05, 4.69) is 10.6 Å². The maximum atomic E-state index is 13.4. The average Bonchev–Trinajstić information content (AvgIpc) is 2.63. The molecule has 9 heteroatoms. The van der Waals surface area contributed by atoms with Gasteiger partial charge in [-0.15, -0.1) is 0 Å². The SMILES string of the molecule is CSCCC(NC(=O)OC(C)(C)C)C(=O)N(C)C(C(=O)NC(C)(C)C)c1ccccc1O. The van der Waals surface area contributed by atoms with Crippen molar-refractivity contribution in [2.45, 2.75) is 71.2 Å². The van der Waals surface area contributed by atoms with E-state index in [1.165, 1.54) is 29.8 Å². The first-order valence-electron chi connectivity index (χ1n) is 10.5. The van der Waals surface area contributed by atoms with Crippen molar-refractivity contribution in [3.63, 3.8) is 0 Å². The Morgan fingerprint density at radius 3 is 2.22 bits per heavy atom. The number of para-hydroxylation sites is 1. The Morgan fingerprint density at radius 1 is 1.12 bits per heavy atom. The molecule has 0 aromatic heterocycles. The second kappa shape index (κ2) is 11.4. The van der Waals surface area contributed by atoms with Crippen LogP contribution in [0.15, 0.2) is 24.3 Å². The van der Waals surface area contributed by atoms with Crippen molar-refractivity contribution in [1.82, 2.24) is 15.5 Å². The number of amides is 3. The van der Waals surface area contributed by atoms with Gasteiger partial charge in [-0.1, -0.05) is 18.2 Å². The van der Waals surface area contributed by atoms with Crippen LogP contribution in [0.4, 0.5) is 4.79 Å². The summed E-state index contributed by atoms with van der Waals surface area (Å²) in [4.78, 5) is 40.2. The molecule has 32 heavy (non-hydrogen) atoms. The third kappa shape index (κ3) is 8.98. The molecule has 1 aromatic carbocycles. The zero-order valence-electron chi connectivity index (χ0n) is 20.3. The highest BCUT2D eigenvalue weighted by atomic mass is 32.2. The largest absolute Gasteiger partial charge is 0.508 e. The minimum atomic E-state index is -1.08. The van der Waals surface area contributed by atoms with Crippen LogP contribution in [-0.2, 0) is 14.3 Å². The molecule has 3 amide bonds. The van der Waals surface area contributed by atoms with Gasteiger partial charge in [-0.2, -0.15) is 11.8 Å². The van der Waals surface area contributed by atoms with Crippen LogP contribution < -0.4 is 10.6 Å². The number of hydrogen-bond acceptors (Lipinski definition) is 6. The van der Waals surface area contributed by atoms with Crippen molar-refractivity contribution >= 4 is 29.7 Å². The lowest BCUT2D eigenvalue weighted by Gasteiger charge is -2.33. The van der Waals surface area contributed by atoms with Crippen LogP contribution in [-0.4, -0.2) is 64.2 Å². The zero-order chi connectivity index (χ0) is 24.7. The molecule has 1 rings (SSSR count). The predicted molar refractivity (Wildman–Crippen MR) is 128 cm³/mol. The number of alkyl carbamates (subject to hydrolysis) is 1. The highest BCUT2D eigenvalue weighted by Crippen LogP contribution is 2.29. The normalized spacial score (nSPS) is 13.6. The second-order valence-corrected chi connectivity index (χ2v) is 10.6. The molecule has 0 heterocycles. The molecule has 0 radical (unpaired) electrons. The number of carbonyl (C=O) groups excluding carboxylic acids is 3. The van der Waals surface area contributed by atoms with E-state index in [0.717, 1.165) is 0 Å². The number of nitrogens with zero attached hydrogens (tertiary/aromatic N) is 1. The van der Waals surface area contributed by atoms with Crippen molar-refractivity contribution in [3.8, 4) is 5.75 Å². The van der Waals surface area contributed by atoms with Crippen molar-refractivity contribution in [2.24, 2.45) is 0 Å². The maximum Gasteiger partial charge on any atom is 0.408 e. The summed E-state index contributed by atoms with van der Waals surface area (Å²) in [5, 5.41) is 15.9. The van der Waals surface area contributed by atoms with Gasteiger partial charge in [0.2, 0.25) is 11.8 Å². The smallest absolute Gasteiger partial charge is 0.408 e. The Hall–Kier alpha value is -2.42. The molecule has 0 bridgehead atoms. The van der Waals surface area contributed by atoms with Gasteiger partial charge in [0, 0.05) is 18.2 Å². The molecule has 0 saturated carbocycles. The molecular weight excluding hydrogens is 430 g/mol. The number of hydrogen-bond donors (Lipinski definition) is 3. The molecule has 3 N–H and O–H groups in total. The fraction of sp³-hybridized carbons (Fsp3) is 0.609. The second-order valence-electron chi connectivity index (χ2n) is 9.63. The average molecular weight is 468 g/mol. The van der Waals surface area contributed by atoms with Gasteiger partial charge >= 0.3 is 6.09 Å². The number of thioether (sulfide) groups is 1. The molecule has 2 unspecified atom stereocenters. The molecule has 0 aliphatic rings. The van der Waals surface area contributed by atoms with Gasteiger partial charge in [0.05, 0.1) is 0 Å². The lowest BCUT2D eigenvalue weighted by atomic mass is 10.00. The minimum absolute atomic E-state index is 0.0954. The number of rotatable bonds is 8. The van der Waals surface area contributed by atoms with E-state index in [4.69, 9.17) is 4.74 Å². The summed E-state index contributed by atoms with van der Waals surface area (Å²) >= 11 is 1.54. The van der Waals surface area contributed by atoms with E-state index in [-0.39, 0.29) is 5.75 Å². The number of phenolic OH excluding ortho intramolecular Hbond substituents is 1. The monoisotopic (exact) mass is 467 g/mol. The fourth-order valence-electron chi connectivity index (χ4n) is 3.00. The number of nitrogens with one attached hydrogen (secondary N) is 2. The van der Waals surface area contributed by atoms with Gasteiger partial charge in [-0.05, 0) is 66.0 Å². The first-order chi connectivity index (χ1) is 14.7. The van der Waals surface area contributed by atoms with E-state index in [1.54, 1.807) is 39.0 Å². The zero-order valence-corrected chi connectivity index (χ0v) is 21.1. The van der Waals surface area contributed by atoms with E-state index >= 15 is 0 Å². The highest BCUT2D eigenvalue weighted by molar-refractivity contribution is 7.98. The number of ether oxygens (including phenoxy) is 1. The van der Waals surface area contributed by atoms with Crippen LogP contribution in [0.1, 0.15) is 59.6 Å². The summed E-state index contributed by atoms with van der Waals surface area (Å²) < 4.78 is 5.31. The van der Waals surface area contributed by atoms with Crippen LogP contribution in [0.5, 0.6) is 5.75 Å². The number of benzene rings is 1. The van der Waals surface area contributed by atoms with Crippen molar-refractivity contribution in [2.75, 3.05) is 19.1 Å². The fourth-order valence-corrected chi connectivity index (χ4v) is 3.47. The quantitative estimate of drug-likeness (QED) is 0.540. The molecule has 1 aromatic rings. The summed E-state index contributed by atoms with van der Waals surface area (Å²) in [5.74, 6) is -0.366. The van der Waals surface area contributed by atoms with Crippen LogP contribution in [0, 0.1) is 0 Å². The van der Waals surface area contributed by atoms with Gasteiger partial charge in [0.1, 0.15) is 23.4 Å². The van der Waals surface area contributed by atoms with Gasteiger partial charge in [-0.25, -0.2) is 4.79 Å². The van der Waals surface area contributed by atoms with Gasteiger partial charge in [-0.3, -0.25) is 9.59 Å². The Kier molecular flexibility index (Phi) is 9.88. The number of phenols is 1. The van der Waals surface area contributed by atoms with E-state index in [1.807, 2.05) is 27.0 Å². The highest BCUT2D eigenvalue weighted by Gasteiger charge is 2.36. The summed E-state index contributed by atoms with van der Waals surface area (Å²) in [7, 11) is 1.49. The Morgan fingerprint density at radius 2 is 1.72 bits per heavy atom. The number of aromatic hydroxyl groups is 1. The van der Waals surface area contributed by atoms with Crippen molar-refractivity contribution in [1.29, 1.82) is 0 Å². The predicted octanol–water partition coefficient (Wildman–Crippen LogP) is 3.45. The van der Waals surface area contributed by atoms with Gasteiger partial charge in [0.25, 0.3) is 0 Å². The topological polar surface area (TPSA) is 108 Å². The molecule has 0 fully saturated rings. The van der Waals surface area contributed by atoms with E-state index < -0.39 is 41.1 Å². The summed E-state index contributed by atoms with van der Waals surface area (Å²) in [6.07, 6.45) is 1.56. The third-order valence-corrected chi connectivity index (χ3v) is 4.96. The van der Waals surface area contributed by atoms with Crippen LogP contribution in [0.3, 0.4) is 0 Å². The lowest BCUT2D eigenvalue weighted by molar-refractivity contribution is -0.141. The van der Waals surface area contributed by atoms with Crippen LogP contribution in [0.25, 0.3) is 0 Å². The number of likely N-dealkylation sites (N-methyl/N-ethyl adjacent to an activating group) is 1. The molecule has 8 nitrogen and oxygen atoms in total. The van der Waals surface area contributed by atoms with Crippen LogP contribution >= 0.6 is 11.8 Å². The summed E-state index contributed by atoms with van der Waals surface area (Å²) in [5.41, 5.74) is -0.962. The summed E-state index contributed by atoms with van der Waals surface area (Å²) in [6, 6.07) is 4.43. The molecule has 0 spiro atoms. The minimum Gasteiger partial charge on any atom is -0.508 e. The molecule has 180 valence electrons. The van der Waals surface area contributed by atoms with E-state index in [9.17, 15) is 19.5 Å². The number of carbonyl (C=O) groups is 3. The van der Waals surface area contributed by atoms with Crippen LogP contribution in [0.2, 0.25) is 0 Å². The molecule has 0 saturated heterocycles. The molecule has 0 aliphatic heterocycles. The van der Waals surface area contributed by atoms with Gasteiger partial charge < -0.3 is 25.4 Å². The van der Waals surface area contributed by atoms with Crippen molar-refractivity contribution in [3.05, 3.63) is 29.8 Å². The first kappa shape index (κ1) is 27.6. The van der Waals surface area contributed by atoms with Crippen molar-refractivity contribution < 1.29 is 24.2 Å². The standard InChI is InChI=1S/C23H37N3O5S/c1-22(2,3)25-19(28)18(15-11-9-10-12-17(15)27)26(7)20(29)16(13-14-32-8)24-21(30)31-23(4,5)6/h9-12,16,18,27H,13-14H2,1-8H3,(H,24,30)(H,25,28). The molecule has 0 aliphatic carbocycles. The van der Waals surface area contributed by atoms with E-state index in [0.29, 0.717) is 17.7 Å². The summed E-state index contributed by atoms with van der Waals surface area (Å²) in [6.45, 7) is 10.7. The first-order valence-corrected chi connectivity index (χ1v) is 11.9. The van der Waals surface area contributed by atoms with Gasteiger partial charge in [0.15, 0.2) is 0 Å². The Balaban J connectivity index is 3.26. The molecule has 2 atom stereocenters. The molecular formula is C23H37N3O5S. The lowest BCUT2D eigenvalue weighted by Crippen LogP contribution is -2.53.